The number of aromatic hydroxyl groups is 1. The maximum atomic E-state index is 9.21. The van der Waals surface area contributed by atoms with Crippen molar-refractivity contribution in [3.8, 4) is 5.75 Å². The molecule has 0 radical (unpaired) electrons. The summed E-state index contributed by atoms with van der Waals surface area (Å²) >= 11 is 0. The maximum absolute atomic E-state index is 9.21. The zero-order valence-corrected chi connectivity index (χ0v) is 6.83. The molecule has 0 aromatic heterocycles. The largest absolute Gasteiger partial charge is 0.508 e. The van der Waals surface area contributed by atoms with E-state index >= 15 is 0 Å². The number of phenols is 1. The molecule has 0 saturated heterocycles. The third kappa shape index (κ3) is 2.10. The van der Waals surface area contributed by atoms with Crippen LogP contribution in [0.3, 0.4) is 0 Å². The Hall–Kier alpha value is -1.28. The smallest absolute Gasteiger partial charge is 0.116 e. The Bertz CT molecular complexity index is 279. The van der Waals surface area contributed by atoms with Crippen molar-refractivity contribution in [1.29, 1.82) is 0 Å². The van der Waals surface area contributed by atoms with E-state index in [4.69, 9.17) is 5.11 Å². The summed E-state index contributed by atoms with van der Waals surface area (Å²) < 4.78 is 0. The fourth-order valence-corrected chi connectivity index (χ4v) is 1.12. The molecule has 2 N–H and O–H groups in total. The summed E-state index contributed by atoms with van der Waals surface area (Å²) in [5.41, 5.74) is 1.70. The minimum atomic E-state index is -0.0431. The molecule has 0 aliphatic rings. The second-order valence-electron chi connectivity index (χ2n) is 2.66. The SMILES string of the molecule is C=CCc1cc(O)cc(CO)c1. The van der Waals surface area contributed by atoms with Gasteiger partial charge in [-0.15, -0.1) is 6.58 Å². The van der Waals surface area contributed by atoms with Crippen molar-refractivity contribution < 1.29 is 10.2 Å². The number of aliphatic hydroxyl groups excluding tert-OH is 1. The molecule has 64 valence electrons. The van der Waals surface area contributed by atoms with E-state index in [0.717, 1.165) is 11.1 Å². The van der Waals surface area contributed by atoms with Crippen molar-refractivity contribution in [2.45, 2.75) is 13.0 Å². The van der Waals surface area contributed by atoms with E-state index in [2.05, 4.69) is 6.58 Å². The predicted octanol–water partition coefficient (Wildman–Crippen LogP) is 1.61. The third-order valence-corrected chi connectivity index (χ3v) is 1.60. The number of benzene rings is 1. The summed E-state index contributed by atoms with van der Waals surface area (Å²) in [6, 6.07) is 5.06. The Labute approximate surface area is 71.8 Å². The summed E-state index contributed by atoms with van der Waals surface area (Å²) in [6.45, 7) is 3.55. The molecule has 1 rings (SSSR count). The van der Waals surface area contributed by atoms with Crippen LogP contribution in [-0.2, 0) is 13.0 Å². The molecule has 0 atom stereocenters. The molecule has 12 heavy (non-hydrogen) atoms. The van der Waals surface area contributed by atoms with Crippen molar-refractivity contribution in [1.82, 2.24) is 0 Å². The van der Waals surface area contributed by atoms with Gasteiger partial charge in [0.15, 0.2) is 0 Å². The highest BCUT2D eigenvalue weighted by Gasteiger charge is 1.97. The van der Waals surface area contributed by atoms with Gasteiger partial charge in [-0.2, -0.15) is 0 Å². The number of aliphatic hydroxyl groups is 1. The first-order chi connectivity index (χ1) is 5.76. The van der Waals surface area contributed by atoms with E-state index in [1.807, 2.05) is 6.07 Å². The van der Waals surface area contributed by atoms with Crippen LogP contribution < -0.4 is 0 Å². The van der Waals surface area contributed by atoms with Crippen LogP contribution in [0.2, 0.25) is 0 Å². The molecule has 0 bridgehead atoms. The summed E-state index contributed by atoms with van der Waals surface area (Å²) in [4.78, 5) is 0. The van der Waals surface area contributed by atoms with E-state index in [1.54, 1.807) is 18.2 Å². The van der Waals surface area contributed by atoms with Crippen molar-refractivity contribution in [3.63, 3.8) is 0 Å². The lowest BCUT2D eigenvalue weighted by atomic mass is 10.1. The normalized spacial score (nSPS) is 9.75. The van der Waals surface area contributed by atoms with Gasteiger partial charge in [-0.25, -0.2) is 0 Å². The Balaban J connectivity index is 2.97. The number of rotatable bonds is 3. The molecule has 2 heteroatoms. The zero-order chi connectivity index (χ0) is 8.97. The number of hydrogen-bond donors (Lipinski definition) is 2. The molecular weight excluding hydrogens is 152 g/mol. The molecule has 1 aromatic carbocycles. The molecular formula is C10H12O2. The number of allylic oxidation sites excluding steroid dienone is 1. The van der Waals surface area contributed by atoms with Gasteiger partial charge < -0.3 is 10.2 Å². The van der Waals surface area contributed by atoms with E-state index in [-0.39, 0.29) is 12.4 Å². The standard InChI is InChI=1S/C10H12O2/c1-2-3-8-4-9(7-11)6-10(12)5-8/h2,4-6,11-12H,1,3,7H2. The van der Waals surface area contributed by atoms with Crippen LogP contribution in [0.25, 0.3) is 0 Å². The molecule has 0 aliphatic heterocycles. The molecule has 0 spiro atoms. The molecule has 0 amide bonds. The van der Waals surface area contributed by atoms with Gasteiger partial charge in [0.2, 0.25) is 0 Å². The summed E-state index contributed by atoms with van der Waals surface area (Å²) in [6.07, 6.45) is 2.47. The topological polar surface area (TPSA) is 40.5 Å². The highest BCUT2D eigenvalue weighted by Crippen LogP contribution is 2.16. The van der Waals surface area contributed by atoms with Crippen molar-refractivity contribution in [2.75, 3.05) is 0 Å². The minimum Gasteiger partial charge on any atom is -0.508 e. The fourth-order valence-electron chi connectivity index (χ4n) is 1.12. The van der Waals surface area contributed by atoms with Crippen molar-refractivity contribution >= 4 is 0 Å². The summed E-state index contributed by atoms with van der Waals surface area (Å²) in [5.74, 6) is 0.193. The summed E-state index contributed by atoms with van der Waals surface area (Å²) in [7, 11) is 0. The van der Waals surface area contributed by atoms with Crippen LogP contribution in [0.15, 0.2) is 30.9 Å². The second-order valence-corrected chi connectivity index (χ2v) is 2.66. The molecule has 0 heterocycles. The van der Waals surface area contributed by atoms with Gasteiger partial charge in [-0.1, -0.05) is 12.1 Å². The quantitative estimate of drug-likeness (QED) is 0.666. The average molecular weight is 164 g/mol. The first-order valence-electron chi connectivity index (χ1n) is 3.80. The van der Waals surface area contributed by atoms with Crippen LogP contribution in [0.1, 0.15) is 11.1 Å². The van der Waals surface area contributed by atoms with E-state index in [1.165, 1.54) is 0 Å². The molecule has 0 aliphatic carbocycles. The highest BCUT2D eigenvalue weighted by molar-refractivity contribution is 5.34. The van der Waals surface area contributed by atoms with E-state index in [9.17, 15) is 5.11 Å². The van der Waals surface area contributed by atoms with Gasteiger partial charge in [0.25, 0.3) is 0 Å². The lowest BCUT2D eigenvalue weighted by Gasteiger charge is -2.01. The Kier molecular flexibility index (Phi) is 2.88. The van der Waals surface area contributed by atoms with Crippen molar-refractivity contribution in [2.24, 2.45) is 0 Å². The van der Waals surface area contributed by atoms with E-state index in [0.29, 0.717) is 6.42 Å². The zero-order valence-electron chi connectivity index (χ0n) is 6.83. The fraction of sp³-hybridized carbons (Fsp3) is 0.200. The first kappa shape index (κ1) is 8.81. The lowest BCUT2D eigenvalue weighted by Crippen LogP contribution is -1.87. The van der Waals surface area contributed by atoms with E-state index < -0.39 is 0 Å². The highest BCUT2D eigenvalue weighted by atomic mass is 16.3. The van der Waals surface area contributed by atoms with Crippen molar-refractivity contribution in [3.05, 3.63) is 42.0 Å². The lowest BCUT2D eigenvalue weighted by molar-refractivity contribution is 0.281. The minimum absolute atomic E-state index is 0.0431. The number of phenolic OH excluding ortho intramolecular Hbond substituents is 1. The van der Waals surface area contributed by atoms with Gasteiger partial charge in [0.05, 0.1) is 6.61 Å². The van der Waals surface area contributed by atoms with Crippen LogP contribution in [0.5, 0.6) is 5.75 Å². The van der Waals surface area contributed by atoms with Gasteiger partial charge in [0.1, 0.15) is 5.75 Å². The predicted molar refractivity (Wildman–Crippen MR) is 47.9 cm³/mol. The second kappa shape index (κ2) is 3.93. The van der Waals surface area contributed by atoms with Gasteiger partial charge >= 0.3 is 0 Å². The average Bonchev–Trinajstić information content (AvgIpc) is 2.04. The van der Waals surface area contributed by atoms with Crippen LogP contribution >= 0.6 is 0 Å². The maximum Gasteiger partial charge on any atom is 0.116 e. The Morgan fingerprint density at radius 1 is 1.25 bits per heavy atom. The van der Waals surface area contributed by atoms with Gasteiger partial charge in [-0.3, -0.25) is 0 Å². The molecule has 1 aromatic rings. The van der Waals surface area contributed by atoms with Crippen LogP contribution in [0.4, 0.5) is 0 Å². The molecule has 0 fully saturated rings. The van der Waals surface area contributed by atoms with Crippen LogP contribution in [0, 0.1) is 0 Å². The Morgan fingerprint density at radius 2 is 1.92 bits per heavy atom. The molecule has 2 nitrogen and oxygen atoms in total. The summed E-state index contributed by atoms with van der Waals surface area (Å²) in [5, 5.41) is 18.0. The third-order valence-electron chi connectivity index (χ3n) is 1.60. The molecule has 0 saturated carbocycles. The van der Waals surface area contributed by atoms with Crippen LogP contribution in [-0.4, -0.2) is 10.2 Å². The number of hydrogen-bond acceptors (Lipinski definition) is 2. The van der Waals surface area contributed by atoms with Gasteiger partial charge in [-0.05, 0) is 29.7 Å². The first-order valence-corrected chi connectivity index (χ1v) is 3.80. The van der Waals surface area contributed by atoms with Gasteiger partial charge in [0, 0.05) is 0 Å². The molecule has 0 unspecified atom stereocenters. The monoisotopic (exact) mass is 164 g/mol. The Morgan fingerprint density at radius 3 is 2.50 bits per heavy atom.